The summed E-state index contributed by atoms with van der Waals surface area (Å²) in [5.74, 6) is 0. The second-order valence-electron chi connectivity index (χ2n) is 4.98. The largest absolute Gasteiger partial charge is 4.00 e. The molecule has 0 spiro atoms. The minimum absolute atomic E-state index is 0. The van der Waals surface area contributed by atoms with Crippen LogP contribution in [0.2, 0.25) is 13.1 Å². The van der Waals surface area contributed by atoms with Gasteiger partial charge in [-0.2, -0.15) is 35.9 Å². The van der Waals surface area contributed by atoms with Gasteiger partial charge >= 0.3 is 21.7 Å². The fourth-order valence-electron chi connectivity index (χ4n) is 2.34. The first-order valence-electron chi connectivity index (χ1n) is 7.40. The predicted octanol–water partition coefficient (Wildman–Crippen LogP) is 5.78. The molecule has 2 aromatic rings. The Morgan fingerprint density at radius 2 is 1.62 bits per heavy atom. The molecule has 2 aliphatic carbocycles. The molecule has 0 fully saturated rings. The van der Waals surface area contributed by atoms with Crippen molar-refractivity contribution in [1.29, 1.82) is 0 Å². The van der Waals surface area contributed by atoms with E-state index in [1.807, 2.05) is 18.2 Å². The minimum atomic E-state index is 0. The van der Waals surface area contributed by atoms with Crippen molar-refractivity contribution in [2.45, 2.75) is 25.9 Å². The van der Waals surface area contributed by atoms with Crippen molar-refractivity contribution in [1.82, 2.24) is 0 Å². The van der Waals surface area contributed by atoms with Gasteiger partial charge in [0.2, 0.25) is 0 Å². The van der Waals surface area contributed by atoms with Crippen LogP contribution in [-0.2, 0) is 28.1 Å². The zero-order valence-corrected chi connectivity index (χ0v) is 18.0. The van der Waals surface area contributed by atoms with Gasteiger partial charge in [0.25, 0.3) is 0 Å². The molecule has 0 bridgehead atoms. The van der Waals surface area contributed by atoms with Gasteiger partial charge in [0.15, 0.2) is 0 Å². The molecule has 0 amide bonds. The van der Waals surface area contributed by atoms with E-state index in [1.54, 1.807) is 0 Å². The minimum Gasteiger partial charge on any atom is -0.358 e. The van der Waals surface area contributed by atoms with Gasteiger partial charge in [0.05, 0.1) is 0 Å². The van der Waals surface area contributed by atoms with Gasteiger partial charge in [-0.05, 0) is 6.42 Å². The third-order valence-corrected chi connectivity index (χ3v) is 3.20. The molecule has 2 aliphatic rings. The Labute approximate surface area is 166 Å². The quantitative estimate of drug-likeness (QED) is 0.349. The number of hydrogen-bond acceptors (Lipinski definition) is 0. The first kappa shape index (κ1) is 25.1. The molecule has 4 rings (SSSR count). The van der Waals surface area contributed by atoms with Gasteiger partial charge in [-0.25, -0.2) is 12.2 Å². The SMILES string of the molecule is C[SiH]C.[C-]1=CC=CC1.[CH3-].[CH3-].[Ti+4].[c-]1cccc2c1Cc1ccccc1-2. The molecule has 0 heterocycles. The first-order chi connectivity index (χ1) is 10.4. The van der Waals surface area contributed by atoms with E-state index in [2.05, 4.69) is 67.7 Å². The maximum atomic E-state index is 3.30. The Morgan fingerprint density at radius 1 is 0.958 bits per heavy atom. The van der Waals surface area contributed by atoms with E-state index >= 15 is 0 Å². The Morgan fingerprint density at radius 3 is 2.21 bits per heavy atom. The van der Waals surface area contributed by atoms with E-state index < -0.39 is 0 Å². The van der Waals surface area contributed by atoms with Crippen molar-refractivity contribution < 1.29 is 21.7 Å². The average Bonchev–Trinajstić information content (AvgIpc) is 3.19. The van der Waals surface area contributed by atoms with Crippen molar-refractivity contribution in [3.8, 4) is 11.1 Å². The molecule has 0 atom stereocenters. The van der Waals surface area contributed by atoms with Crippen LogP contribution in [0.1, 0.15) is 17.5 Å². The van der Waals surface area contributed by atoms with Crippen molar-refractivity contribution in [2.24, 2.45) is 0 Å². The van der Waals surface area contributed by atoms with Crippen LogP contribution in [0.4, 0.5) is 0 Å². The van der Waals surface area contributed by atoms with Crippen molar-refractivity contribution in [3.63, 3.8) is 0 Å². The molecule has 0 unspecified atom stereocenters. The Balaban J connectivity index is 0. The summed E-state index contributed by atoms with van der Waals surface area (Å²) in [4.78, 5) is 0. The van der Waals surface area contributed by atoms with E-state index in [4.69, 9.17) is 0 Å². The fraction of sp³-hybridized carbons (Fsp3) is 0.182. The van der Waals surface area contributed by atoms with Gasteiger partial charge in [0.1, 0.15) is 0 Å². The van der Waals surface area contributed by atoms with Crippen LogP contribution in [-0.4, -0.2) is 9.52 Å². The number of hydrogen-bond donors (Lipinski definition) is 0. The average molecular weight is 367 g/mol. The summed E-state index contributed by atoms with van der Waals surface area (Å²) in [6, 6.07) is 18.1. The predicted molar refractivity (Wildman–Crippen MR) is 107 cm³/mol. The van der Waals surface area contributed by atoms with E-state index in [9.17, 15) is 0 Å². The first-order valence-corrected chi connectivity index (χ1v) is 9.71. The van der Waals surface area contributed by atoms with Crippen LogP contribution in [0.3, 0.4) is 0 Å². The summed E-state index contributed by atoms with van der Waals surface area (Å²) >= 11 is 0. The fourth-order valence-corrected chi connectivity index (χ4v) is 2.34. The zero-order valence-electron chi connectivity index (χ0n) is 15.3. The monoisotopic (exact) mass is 367 g/mol. The summed E-state index contributed by atoms with van der Waals surface area (Å²) in [6.45, 7) is 4.42. The van der Waals surface area contributed by atoms with Gasteiger partial charge in [-0.15, -0.1) is 12.0 Å². The number of fused-ring (bicyclic) bond motifs is 3. The molecule has 0 aliphatic heterocycles. The summed E-state index contributed by atoms with van der Waals surface area (Å²) < 4.78 is 0. The molecule has 123 valence electrons. The molecular weight excluding hydrogens is 340 g/mol. The summed E-state index contributed by atoms with van der Waals surface area (Å²) in [7, 11) is 0.750. The molecule has 2 aromatic carbocycles. The normalized spacial score (nSPS) is 11.1. The summed E-state index contributed by atoms with van der Waals surface area (Å²) in [5.41, 5.74) is 5.51. The van der Waals surface area contributed by atoms with Gasteiger partial charge in [-0.1, -0.05) is 48.5 Å². The zero-order chi connectivity index (χ0) is 14.9. The van der Waals surface area contributed by atoms with Crippen molar-refractivity contribution in [3.05, 3.63) is 98.8 Å². The third-order valence-electron chi connectivity index (χ3n) is 3.20. The van der Waals surface area contributed by atoms with E-state index in [1.165, 1.54) is 22.3 Å². The smallest absolute Gasteiger partial charge is 0.358 e. The van der Waals surface area contributed by atoms with Gasteiger partial charge < -0.3 is 14.9 Å². The van der Waals surface area contributed by atoms with E-state index in [0.29, 0.717) is 0 Å². The van der Waals surface area contributed by atoms with Crippen molar-refractivity contribution >= 4 is 9.52 Å². The Hall–Kier alpha value is -1.15. The van der Waals surface area contributed by atoms with Crippen LogP contribution in [0.25, 0.3) is 11.1 Å². The molecule has 2 heteroatoms. The van der Waals surface area contributed by atoms with Crippen molar-refractivity contribution in [2.75, 3.05) is 0 Å². The maximum absolute atomic E-state index is 3.30. The van der Waals surface area contributed by atoms with E-state index in [0.717, 1.165) is 22.4 Å². The molecule has 0 nitrogen and oxygen atoms in total. The van der Waals surface area contributed by atoms with Crippen LogP contribution >= 0.6 is 0 Å². The molecular formula is C22H27SiTi. The van der Waals surface area contributed by atoms with Crippen LogP contribution in [0.5, 0.6) is 0 Å². The van der Waals surface area contributed by atoms with Gasteiger partial charge in [0, 0.05) is 9.52 Å². The molecule has 24 heavy (non-hydrogen) atoms. The van der Waals surface area contributed by atoms with Crippen LogP contribution in [0.15, 0.2) is 60.7 Å². The Kier molecular flexibility index (Phi) is 14.9. The third kappa shape index (κ3) is 7.17. The summed E-state index contributed by atoms with van der Waals surface area (Å²) in [6.07, 6.45) is 11.0. The summed E-state index contributed by atoms with van der Waals surface area (Å²) in [5, 5.41) is 0. The molecule has 0 N–H and O–H groups in total. The second kappa shape index (κ2) is 14.2. The molecule has 0 aromatic heterocycles. The second-order valence-corrected chi connectivity index (χ2v) is 6.13. The molecule has 0 saturated heterocycles. The van der Waals surface area contributed by atoms with Crippen LogP contribution in [0, 0.1) is 27.0 Å². The van der Waals surface area contributed by atoms with Crippen LogP contribution < -0.4 is 0 Å². The standard InChI is InChI=1S/C13H9.C5H5.C2H7Si.2CH3.Ti/c1-3-7-12-10(5-1)9-11-6-2-4-8-13(11)12;1-2-4-5-3-1;1-3-2;;;/h1-5,7-8H,9H2;1-3H,4H2;3H,1-2H3;2*1H3;/q2*-1;;2*-1;+4. The number of rotatable bonds is 0. The van der Waals surface area contributed by atoms with Gasteiger partial charge in [-0.3, -0.25) is 6.08 Å². The molecule has 0 saturated carbocycles. The Bertz CT molecular complexity index is 576. The topological polar surface area (TPSA) is 0 Å². The maximum Gasteiger partial charge on any atom is 4.00 e. The van der Waals surface area contributed by atoms with E-state index in [-0.39, 0.29) is 36.6 Å². The number of benzene rings is 2. The molecule has 1 radical (unpaired) electrons. The number of allylic oxidation sites excluding steroid dienone is 4.